The largest absolute Gasteiger partial charge is 0.334 e. The summed E-state index contributed by atoms with van der Waals surface area (Å²) in [6.07, 6.45) is 0. The van der Waals surface area contributed by atoms with Gasteiger partial charge in [0.1, 0.15) is 0 Å². The van der Waals surface area contributed by atoms with Crippen molar-refractivity contribution in [2.45, 2.75) is 18.7 Å². The van der Waals surface area contributed by atoms with Gasteiger partial charge in [-0.15, -0.1) is 10.2 Å². The highest BCUT2D eigenvalue weighted by Gasteiger charge is 2.16. The first-order valence-electron chi connectivity index (χ1n) is 8.95. The molecular formula is C19H16N6O5S. The first-order valence-corrected chi connectivity index (χ1v) is 10.4. The van der Waals surface area contributed by atoms with Crippen molar-refractivity contribution in [1.29, 1.82) is 0 Å². The highest BCUT2D eigenvalue weighted by molar-refractivity contribution is 7.85. The lowest BCUT2D eigenvalue weighted by molar-refractivity contribution is 0.425. The van der Waals surface area contributed by atoms with Crippen molar-refractivity contribution >= 4 is 21.5 Å². The molecule has 12 heteroatoms. The van der Waals surface area contributed by atoms with Gasteiger partial charge in [-0.3, -0.25) is 14.4 Å². The number of rotatable bonds is 5. The maximum Gasteiger partial charge on any atom is 0.299 e. The Balaban J connectivity index is 1.74. The fourth-order valence-corrected chi connectivity index (χ4v) is 3.39. The lowest BCUT2D eigenvalue weighted by Crippen LogP contribution is -2.14. The predicted octanol–water partition coefficient (Wildman–Crippen LogP) is 3.49. The van der Waals surface area contributed by atoms with Crippen LogP contribution in [0.2, 0.25) is 0 Å². The molecule has 0 radical (unpaired) electrons. The molecule has 0 aliphatic rings. The molecule has 0 aliphatic heterocycles. The van der Waals surface area contributed by atoms with Gasteiger partial charge in [0.05, 0.1) is 27.5 Å². The van der Waals surface area contributed by atoms with E-state index in [2.05, 4.69) is 25.5 Å². The highest BCUT2D eigenvalue weighted by atomic mass is 32.2. The van der Waals surface area contributed by atoms with Gasteiger partial charge >= 0.3 is 0 Å². The number of hydrogen-bond donors (Lipinski definition) is 2. The Hall–Kier alpha value is -3.90. The number of aromatic amines is 1. The number of aryl methyl sites for hydroxylation is 2. The maximum absolute atomic E-state index is 12.9. The van der Waals surface area contributed by atoms with Crippen molar-refractivity contribution in [2.24, 2.45) is 10.2 Å². The third-order valence-electron chi connectivity index (χ3n) is 4.33. The van der Waals surface area contributed by atoms with Crippen molar-refractivity contribution in [3.63, 3.8) is 0 Å². The lowest BCUT2D eigenvalue weighted by atomic mass is 10.2. The Morgan fingerprint density at radius 1 is 1.10 bits per heavy atom. The molecule has 0 fully saturated rings. The number of hydrogen-bond acceptors (Lipinski definition) is 8. The van der Waals surface area contributed by atoms with Crippen LogP contribution in [0.1, 0.15) is 11.5 Å². The average Bonchev–Trinajstić information content (AvgIpc) is 3.29. The van der Waals surface area contributed by atoms with Crippen molar-refractivity contribution < 1.29 is 17.5 Å². The minimum absolute atomic E-state index is 0.0359. The van der Waals surface area contributed by atoms with E-state index in [1.54, 1.807) is 38.1 Å². The van der Waals surface area contributed by atoms with Gasteiger partial charge in [-0.05, 0) is 44.2 Å². The van der Waals surface area contributed by atoms with E-state index >= 15 is 0 Å². The second-order valence-corrected chi connectivity index (χ2v) is 7.98. The number of benzene rings is 2. The molecule has 0 saturated heterocycles. The number of azo groups is 1. The summed E-state index contributed by atoms with van der Waals surface area (Å²) in [6, 6.07) is 12.3. The molecule has 4 aromatic rings. The molecule has 0 bridgehead atoms. The fourth-order valence-electron chi connectivity index (χ4n) is 2.87. The summed E-state index contributed by atoms with van der Waals surface area (Å²) in [7, 11) is -4.42. The summed E-state index contributed by atoms with van der Waals surface area (Å²) in [5.41, 5.74) is 1.10. The van der Waals surface area contributed by atoms with Crippen molar-refractivity contribution in [1.82, 2.24) is 19.9 Å². The quantitative estimate of drug-likeness (QED) is 0.355. The van der Waals surface area contributed by atoms with Crippen LogP contribution in [0.4, 0.5) is 11.4 Å². The monoisotopic (exact) mass is 440 g/mol. The first kappa shape index (κ1) is 20.4. The first-order chi connectivity index (χ1) is 14.7. The molecule has 2 aromatic carbocycles. The minimum Gasteiger partial charge on any atom is -0.334 e. The van der Waals surface area contributed by atoms with Crippen molar-refractivity contribution in [2.75, 3.05) is 0 Å². The van der Waals surface area contributed by atoms with Crippen LogP contribution in [-0.2, 0) is 10.1 Å². The van der Waals surface area contributed by atoms with Crippen LogP contribution in [0.15, 0.2) is 73.0 Å². The molecule has 4 rings (SSSR count). The zero-order chi connectivity index (χ0) is 22.2. The second-order valence-electron chi connectivity index (χ2n) is 6.56. The summed E-state index contributed by atoms with van der Waals surface area (Å²) in [5.74, 6) is 0.746. The maximum atomic E-state index is 12.9. The molecule has 2 aromatic heterocycles. The standard InChI is InChI=1S/C19H16N6O5S/c1-11-17(19(26)25(23-11)13-6-5-7-14(10-13)31(27,28)29)22-21-16-9-4-3-8-15(16)18-20-12(2)24-30-18/h3-10,23H,1-2H3,(H,27,28,29). The Bertz CT molecular complexity index is 1460. The SMILES string of the molecule is Cc1noc(-c2ccccc2N=Nc2c(C)[nH]n(-c3cccc(S(=O)(=O)O)c3)c2=O)n1. The van der Waals surface area contributed by atoms with E-state index in [9.17, 15) is 17.8 Å². The van der Waals surface area contributed by atoms with E-state index in [0.717, 1.165) is 4.68 Å². The molecule has 0 amide bonds. The van der Waals surface area contributed by atoms with Gasteiger partial charge in [0.2, 0.25) is 0 Å². The molecule has 0 aliphatic carbocycles. The van der Waals surface area contributed by atoms with Crippen LogP contribution < -0.4 is 5.56 Å². The predicted molar refractivity (Wildman–Crippen MR) is 110 cm³/mol. The highest BCUT2D eigenvalue weighted by Crippen LogP contribution is 2.30. The molecule has 158 valence electrons. The van der Waals surface area contributed by atoms with E-state index in [-0.39, 0.29) is 22.2 Å². The fraction of sp³-hybridized carbons (Fsp3) is 0.105. The number of nitrogens with zero attached hydrogens (tertiary/aromatic N) is 5. The van der Waals surface area contributed by atoms with Crippen LogP contribution in [0.25, 0.3) is 17.1 Å². The molecule has 31 heavy (non-hydrogen) atoms. The molecule has 11 nitrogen and oxygen atoms in total. The van der Waals surface area contributed by atoms with Crippen molar-refractivity contribution in [3.8, 4) is 17.1 Å². The molecule has 0 unspecified atom stereocenters. The van der Waals surface area contributed by atoms with Crippen molar-refractivity contribution in [3.05, 3.63) is 70.4 Å². The summed E-state index contributed by atoms with van der Waals surface area (Å²) < 4.78 is 38.3. The molecule has 2 heterocycles. The van der Waals surface area contributed by atoms with E-state index in [1.807, 2.05) is 0 Å². The Kier molecular flexibility index (Phi) is 5.09. The van der Waals surface area contributed by atoms with Gasteiger partial charge in [0.15, 0.2) is 11.5 Å². The van der Waals surface area contributed by atoms with E-state index in [1.165, 1.54) is 24.3 Å². The molecule has 2 N–H and O–H groups in total. The average molecular weight is 440 g/mol. The van der Waals surface area contributed by atoms with Gasteiger partial charge < -0.3 is 4.52 Å². The number of nitrogens with one attached hydrogen (secondary N) is 1. The third kappa shape index (κ3) is 4.06. The lowest BCUT2D eigenvalue weighted by Gasteiger charge is -2.03. The van der Waals surface area contributed by atoms with Crippen LogP contribution in [0.5, 0.6) is 0 Å². The summed E-state index contributed by atoms with van der Waals surface area (Å²) in [6.45, 7) is 3.33. The molecule has 0 atom stereocenters. The van der Waals surface area contributed by atoms with Gasteiger partial charge in [-0.1, -0.05) is 23.4 Å². The zero-order valence-electron chi connectivity index (χ0n) is 16.3. The van der Waals surface area contributed by atoms with Gasteiger partial charge in [-0.2, -0.15) is 13.4 Å². The van der Waals surface area contributed by atoms with E-state index < -0.39 is 15.7 Å². The minimum atomic E-state index is -4.42. The summed E-state index contributed by atoms with van der Waals surface area (Å²) in [5, 5.41) is 14.9. The zero-order valence-corrected chi connectivity index (χ0v) is 17.2. The topological polar surface area (TPSA) is 156 Å². The van der Waals surface area contributed by atoms with Gasteiger partial charge in [0.25, 0.3) is 21.6 Å². The van der Waals surface area contributed by atoms with Crippen LogP contribution in [0.3, 0.4) is 0 Å². The molecular weight excluding hydrogens is 424 g/mol. The van der Waals surface area contributed by atoms with Gasteiger partial charge in [-0.25, -0.2) is 4.68 Å². The smallest absolute Gasteiger partial charge is 0.299 e. The Morgan fingerprint density at radius 3 is 2.58 bits per heavy atom. The normalized spacial score (nSPS) is 12.0. The Labute approximate surface area is 175 Å². The molecule has 0 spiro atoms. The molecule has 0 saturated carbocycles. The Morgan fingerprint density at radius 2 is 1.87 bits per heavy atom. The summed E-state index contributed by atoms with van der Waals surface area (Å²) in [4.78, 5) is 16.7. The van der Waals surface area contributed by atoms with Crippen LogP contribution >= 0.6 is 0 Å². The number of aromatic nitrogens is 4. The van der Waals surface area contributed by atoms with Gasteiger partial charge in [0, 0.05) is 0 Å². The number of H-pyrrole nitrogens is 1. The van der Waals surface area contributed by atoms with Crippen LogP contribution in [0, 0.1) is 13.8 Å². The van der Waals surface area contributed by atoms with Crippen LogP contribution in [-0.4, -0.2) is 32.9 Å². The summed E-state index contributed by atoms with van der Waals surface area (Å²) >= 11 is 0. The second kappa shape index (κ2) is 7.74. The third-order valence-corrected chi connectivity index (χ3v) is 5.18. The van der Waals surface area contributed by atoms with E-state index in [0.29, 0.717) is 22.8 Å². The van der Waals surface area contributed by atoms with E-state index in [4.69, 9.17) is 4.52 Å².